The van der Waals surface area contributed by atoms with Crippen LogP contribution in [0, 0.1) is 11.3 Å². The van der Waals surface area contributed by atoms with E-state index < -0.39 is 10.0 Å². The molecule has 0 unspecified atom stereocenters. The number of nitrogens with zero attached hydrogens (tertiary/aromatic N) is 2. The topological polar surface area (TPSA) is 74.9 Å². The van der Waals surface area contributed by atoms with Gasteiger partial charge in [0.15, 0.2) is 0 Å². The summed E-state index contributed by atoms with van der Waals surface area (Å²) in [5, 5.41) is 12.3. The highest BCUT2D eigenvalue weighted by molar-refractivity contribution is 7.90. The summed E-state index contributed by atoms with van der Waals surface area (Å²) in [6.07, 6.45) is 1.60. The quantitative estimate of drug-likeness (QED) is 0.728. The molecule has 3 rings (SSSR count). The Morgan fingerprint density at radius 2 is 1.73 bits per heavy atom. The van der Waals surface area contributed by atoms with Gasteiger partial charge in [-0.1, -0.05) is 42.5 Å². The summed E-state index contributed by atoms with van der Waals surface area (Å²) in [6.45, 7) is 0.544. The monoisotopic (exact) mass is 387 g/mol. The van der Waals surface area contributed by atoms with Crippen molar-refractivity contribution in [3.63, 3.8) is 0 Å². The first kappa shape index (κ1) is 19.7. The van der Waals surface area contributed by atoms with Crippen LogP contribution in [0.2, 0.25) is 0 Å². The zero-order valence-corrected chi connectivity index (χ0v) is 15.7. The van der Waals surface area contributed by atoms with Crippen LogP contribution >= 0.6 is 12.4 Å². The van der Waals surface area contributed by atoms with Crippen LogP contribution < -0.4 is 5.32 Å². The maximum Gasteiger partial charge on any atom is 0.269 e. The van der Waals surface area contributed by atoms with Crippen LogP contribution in [0.25, 0.3) is 11.3 Å². The van der Waals surface area contributed by atoms with Crippen LogP contribution in [0.1, 0.15) is 11.1 Å². The largest absolute Gasteiger partial charge is 0.316 e. The molecule has 0 atom stereocenters. The number of nitriles is 1. The highest BCUT2D eigenvalue weighted by Crippen LogP contribution is 2.28. The molecule has 134 valence electrons. The second kappa shape index (κ2) is 8.19. The molecule has 26 heavy (non-hydrogen) atoms. The van der Waals surface area contributed by atoms with Gasteiger partial charge in [0, 0.05) is 12.7 Å². The second-order valence-electron chi connectivity index (χ2n) is 5.54. The Morgan fingerprint density at radius 1 is 1.08 bits per heavy atom. The normalized spacial score (nSPS) is 10.8. The molecule has 5 nitrogen and oxygen atoms in total. The summed E-state index contributed by atoms with van der Waals surface area (Å²) in [6, 6.07) is 19.4. The van der Waals surface area contributed by atoms with Gasteiger partial charge < -0.3 is 5.32 Å². The molecule has 1 aromatic heterocycles. The molecule has 0 bridgehead atoms. The smallest absolute Gasteiger partial charge is 0.269 e. The molecule has 7 heteroatoms. The van der Waals surface area contributed by atoms with E-state index in [0.717, 1.165) is 11.1 Å². The van der Waals surface area contributed by atoms with Gasteiger partial charge in [-0.25, -0.2) is 12.4 Å². The van der Waals surface area contributed by atoms with Gasteiger partial charge in [-0.05, 0) is 36.4 Å². The van der Waals surface area contributed by atoms with E-state index in [4.69, 9.17) is 0 Å². The highest BCUT2D eigenvalue weighted by atomic mass is 35.5. The number of halogens is 1. The van der Waals surface area contributed by atoms with Crippen molar-refractivity contribution in [2.75, 3.05) is 7.05 Å². The fourth-order valence-electron chi connectivity index (χ4n) is 2.71. The van der Waals surface area contributed by atoms with Crippen LogP contribution in [0.15, 0.2) is 71.8 Å². The lowest BCUT2D eigenvalue weighted by Gasteiger charge is -2.11. The van der Waals surface area contributed by atoms with Crippen molar-refractivity contribution in [3.8, 4) is 17.3 Å². The highest BCUT2D eigenvalue weighted by Gasteiger charge is 2.24. The molecule has 3 aromatic rings. The summed E-state index contributed by atoms with van der Waals surface area (Å²) >= 11 is 0. The molecular formula is C19H18ClN3O2S. The first-order chi connectivity index (χ1) is 12.1. The van der Waals surface area contributed by atoms with E-state index in [1.165, 1.54) is 16.1 Å². The molecule has 2 aromatic carbocycles. The van der Waals surface area contributed by atoms with Gasteiger partial charge in [0.05, 0.1) is 11.3 Å². The lowest BCUT2D eigenvalue weighted by molar-refractivity contribution is 0.587. The zero-order valence-electron chi connectivity index (χ0n) is 14.1. The van der Waals surface area contributed by atoms with Gasteiger partial charge in [0.1, 0.15) is 11.0 Å². The van der Waals surface area contributed by atoms with E-state index in [0.29, 0.717) is 12.2 Å². The van der Waals surface area contributed by atoms with E-state index >= 15 is 0 Å². The molecule has 0 fully saturated rings. The van der Waals surface area contributed by atoms with Crippen molar-refractivity contribution in [2.45, 2.75) is 11.4 Å². The Kier molecular flexibility index (Phi) is 6.22. The SMILES string of the molecule is CNCc1cc(-c2ccccc2)n(S(=O)(=O)c2ccccc2C#N)c1.Cl. The number of nitrogens with one attached hydrogen (secondary N) is 1. The molecule has 0 amide bonds. The summed E-state index contributed by atoms with van der Waals surface area (Å²) in [7, 11) is -2.09. The number of hydrogen-bond acceptors (Lipinski definition) is 4. The molecule has 1 N–H and O–H groups in total. The third-order valence-corrected chi connectivity index (χ3v) is 5.57. The summed E-state index contributed by atoms with van der Waals surface area (Å²) in [5.41, 5.74) is 2.34. The lowest BCUT2D eigenvalue weighted by Crippen LogP contribution is -2.15. The third-order valence-electron chi connectivity index (χ3n) is 3.84. The first-order valence-electron chi connectivity index (χ1n) is 7.74. The minimum Gasteiger partial charge on any atom is -0.316 e. The third kappa shape index (κ3) is 3.65. The van der Waals surface area contributed by atoms with E-state index in [9.17, 15) is 13.7 Å². The van der Waals surface area contributed by atoms with Gasteiger partial charge >= 0.3 is 0 Å². The molecule has 0 aliphatic carbocycles. The maximum atomic E-state index is 13.2. The van der Waals surface area contributed by atoms with E-state index in [1.807, 2.05) is 42.5 Å². The van der Waals surface area contributed by atoms with Gasteiger partial charge in [0.2, 0.25) is 0 Å². The Labute approximate surface area is 159 Å². The molecular weight excluding hydrogens is 370 g/mol. The standard InChI is InChI=1S/C19H17N3O2S.ClH/c1-21-13-15-11-18(16-7-3-2-4-8-16)22(14-15)25(23,24)19-10-6-5-9-17(19)12-20;/h2-11,14,21H,13H2,1H3;1H. The summed E-state index contributed by atoms with van der Waals surface area (Å²) in [4.78, 5) is 0.00119. The van der Waals surface area contributed by atoms with Crippen molar-refractivity contribution in [1.29, 1.82) is 5.26 Å². The molecule has 1 heterocycles. The lowest BCUT2D eigenvalue weighted by atomic mass is 10.1. The molecule has 0 saturated heterocycles. The van der Waals surface area contributed by atoms with Gasteiger partial charge in [-0.2, -0.15) is 5.26 Å². The minimum atomic E-state index is -3.89. The molecule has 0 saturated carbocycles. The van der Waals surface area contributed by atoms with Gasteiger partial charge in [-0.15, -0.1) is 12.4 Å². The van der Waals surface area contributed by atoms with Crippen LogP contribution in [-0.4, -0.2) is 19.4 Å². The van der Waals surface area contributed by atoms with Crippen LogP contribution in [0.5, 0.6) is 0 Å². The predicted octanol–water partition coefficient (Wildman–Crippen LogP) is 3.40. The summed E-state index contributed by atoms with van der Waals surface area (Å²) in [5.74, 6) is 0. The number of hydrogen-bond donors (Lipinski definition) is 1. The zero-order chi connectivity index (χ0) is 17.9. The Balaban J connectivity index is 0.00000243. The van der Waals surface area contributed by atoms with Crippen molar-refractivity contribution >= 4 is 22.4 Å². The van der Waals surface area contributed by atoms with E-state index in [1.54, 1.807) is 25.4 Å². The van der Waals surface area contributed by atoms with Crippen molar-refractivity contribution in [3.05, 3.63) is 78.0 Å². The fourth-order valence-corrected chi connectivity index (χ4v) is 4.25. The Morgan fingerprint density at radius 3 is 2.38 bits per heavy atom. The second-order valence-corrected chi connectivity index (χ2v) is 7.32. The average molecular weight is 388 g/mol. The summed E-state index contributed by atoms with van der Waals surface area (Å²) < 4.78 is 27.7. The van der Waals surface area contributed by atoms with Crippen molar-refractivity contribution in [2.24, 2.45) is 0 Å². The average Bonchev–Trinajstić information content (AvgIpc) is 3.07. The molecule has 0 spiro atoms. The maximum absolute atomic E-state index is 13.2. The van der Waals surface area contributed by atoms with E-state index in [2.05, 4.69) is 5.32 Å². The number of benzene rings is 2. The Bertz CT molecular complexity index is 1040. The Hall–Kier alpha value is -2.59. The van der Waals surface area contributed by atoms with Gasteiger partial charge in [0.25, 0.3) is 10.0 Å². The first-order valence-corrected chi connectivity index (χ1v) is 9.18. The number of aromatic nitrogens is 1. The van der Waals surface area contributed by atoms with Crippen LogP contribution in [-0.2, 0) is 16.6 Å². The minimum absolute atomic E-state index is 0. The molecule has 0 aliphatic rings. The van der Waals surface area contributed by atoms with E-state index in [-0.39, 0.29) is 22.9 Å². The molecule has 0 radical (unpaired) electrons. The molecule has 0 aliphatic heterocycles. The van der Waals surface area contributed by atoms with Crippen molar-refractivity contribution < 1.29 is 8.42 Å². The number of rotatable bonds is 5. The fraction of sp³-hybridized carbons (Fsp3) is 0.105. The van der Waals surface area contributed by atoms with Crippen LogP contribution in [0.3, 0.4) is 0 Å². The van der Waals surface area contributed by atoms with Crippen LogP contribution in [0.4, 0.5) is 0 Å². The predicted molar refractivity (Wildman–Crippen MR) is 104 cm³/mol. The van der Waals surface area contributed by atoms with Crippen molar-refractivity contribution in [1.82, 2.24) is 9.29 Å². The van der Waals surface area contributed by atoms with Gasteiger partial charge in [-0.3, -0.25) is 0 Å².